The first-order valence-electron chi connectivity index (χ1n) is 5.37. The largest absolute Gasteiger partial charge is 0.634 e. The molecule has 0 aliphatic carbocycles. The van der Waals surface area contributed by atoms with Gasteiger partial charge in [0.05, 0.1) is 23.4 Å². The Morgan fingerprint density at radius 1 is 1.19 bits per heavy atom. The van der Waals surface area contributed by atoms with Gasteiger partial charge in [-0.2, -0.15) is 8.42 Å². The van der Waals surface area contributed by atoms with Crippen molar-refractivity contribution in [3.05, 3.63) is 5.21 Å². The molecule has 0 radical (unpaired) electrons. The van der Waals surface area contributed by atoms with E-state index in [1.807, 2.05) is 27.7 Å². The smallest absolute Gasteiger partial charge is 0.264 e. The van der Waals surface area contributed by atoms with E-state index in [9.17, 15) is 13.6 Å². The Kier molecular flexibility index (Phi) is 3.42. The average Bonchev–Trinajstić information content (AvgIpc) is 1.95. The normalized spacial score (nSPS) is 33.6. The van der Waals surface area contributed by atoms with Crippen LogP contribution in [0.4, 0.5) is 0 Å². The van der Waals surface area contributed by atoms with Crippen molar-refractivity contribution in [1.29, 1.82) is 0 Å². The van der Waals surface area contributed by atoms with E-state index >= 15 is 0 Å². The van der Waals surface area contributed by atoms with Crippen LogP contribution in [-0.2, 0) is 14.3 Å². The molecule has 0 unspecified atom stereocenters. The molecule has 0 aromatic heterocycles. The molecule has 1 fully saturated rings. The van der Waals surface area contributed by atoms with Crippen molar-refractivity contribution in [3.63, 3.8) is 0 Å². The minimum atomic E-state index is -3.45. The standard InChI is InChI=1S/C10H21NO4S/c1-9(2)6-8(15-16(5,13)14)7-10(3,4)11(9)12/h8,11H,6-7H2,1-5H3. The van der Waals surface area contributed by atoms with Gasteiger partial charge in [0.2, 0.25) is 0 Å². The number of quaternary nitrogens is 1. The summed E-state index contributed by atoms with van der Waals surface area (Å²) in [6, 6.07) is 0. The summed E-state index contributed by atoms with van der Waals surface area (Å²) in [5.74, 6) is 0. The van der Waals surface area contributed by atoms with Crippen LogP contribution < -0.4 is 5.06 Å². The molecule has 96 valence electrons. The summed E-state index contributed by atoms with van der Waals surface area (Å²) in [5, 5.41) is 12.2. The zero-order chi connectivity index (χ0) is 12.8. The van der Waals surface area contributed by atoms with Crippen molar-refractivity contribution in [2.45, 2.75) is 57.7 Å². The van der Waals surface area contributed by atoms with Gasteiger partial charge in [-0.05, 0) is 27.7 Å². The minimum Gasteiger partial charge on any atom is -0.634 e. The maximum absolute atomic E-state index is 12.1. The van der Waals surface area contributed by atoms with Crippen molar-refractivity contribution in [2.24, 2.45) is 0 Å². The molecule has 0 bridgehead atoms. The molecule has 0 aromatic rings. The van der Waals surface area contributed by atoms with Crippen LogP contribution in [0.1, 0.15) is 40.5 Å². The molecule has 1 rings (SSSR count). The van der Waals surface area contributed by atoms with E-state index in [1.165, 1.54) is 0 Å². The van der Waals surface area contributed by atoms with E-state index in [1.54, 1.807) is 0 Å². The molecule has 16 heavy (non-hydrogen) atoms. The van der Waals surface area contributed by atoms with Crippen molar-refractivity contribution in [2.75, 3.05) is 6.26 Å². The lowest BCUT2D eigenvalue weighted by Crippen LogP contribution is -3.23. The van der Waals surface area contributed by atoms with Crippen LogP contribution in [-0.4, -0.2) is 31.9 Å². The molecule has 0 spiro atoms. The summed E-state index contributed by atoms with van der Waals surface area (Å²) in [7, 11) is -3.45. The summed E-state index contributed by atoms with van der Waals surface area (Å²) in [4.78, 5) is 0. The number of hydrogen-bond acceptors (Lipinski definition) is 4. The Morgan fingerprint density at radius 2 is 1.56 bits per heavy atom. The molecule has 0 aromatic carbocycles. The Bertz CT molecular complexity index is 343. The molecule has 1 aliphatic rings. The third kappa shape index (κ3) is 3.16. The van der Waals surface area contributed by atoms with Crippen LogP contribution in [0.3, 0.4) is 0 Å². The molecule has 1 saturated heterocycles. The van der Waals surface area contributed by atoms with Crippen LogP contribution in [0.2, 0.25) is 0 Å². The molecule has 0 atom stereocenters. The summed E-state index contributed by atoms with van der Waals surface area (Å²) in [6.07, 6.45) is 1.58. The molecule has 5 nitrogen and oxygen atoms in total. The minimum absolute atomic E-state index is 0.174. The second-order valence-electron chi connectivity index (χ2n) is 5.93. The molecule has 1 N–H and O–H groups in total. The van der Waals surface area contributed by atoms with Crippen molar-refractivity contribution in [3.8, 4) is 0 Å². The van der Waals surface area contributed by atoms with E-state index in [0.29, 0.717) is 12.8 Å². The van der Waals surface area contributed by atoms with Crippen LogP contribution in [0.25, 0.3) is 0 Å². The van der Waals surface area contributed by atoms with Gasteiger partial charge in [0.25, 0.3) is 10.1 Å². The molecule has 6 heteroatoms. The van der Waals surface area contributed by atoms with Crippen LogP contribution in [0.15, 0.2) is 0 Å². The van der Waals surface area contributed by atoms with Gasteiger partial charge in [-0.1, -0.05) is 0 Å². The molecule has 1 heterocycles. The van der Waals surface area contributed by atoms with Gasteiger partial charge in [-0.15, -0.1) is 0 Å². The highest BCUT2D eigenvalue weighted by Gasteiger charge is 2.46. The van der Waals surface area contributed by atoms with Crippen molar-refractivity contribution in [1.82, 2.24) is 0 Å². The zero-order valence-electron chi connectivity index (χ0n) is 10.5. The summed E-state index contributed by atoms with van der Waals surface area (Å²) in [5.41, 5.74) is -1.03. The van der Waals surface area contributed by atoms with Gasteiger partial charge in [0.15, 0.2) is 0 Å². The quantitative estimate of drug-likeness (QED) is 0.557. The second-order valence-corrected chi connectivity index (χ2v) is 7.53. The summed E-state index contributed by atoms with van der Waals surface area (Å²) in [6.45, 7) is 7.37. The highest BCUT2D eigenvalue weighted by Crippen LogP contribution is 2.26. The predicted molar refractivity (Wildman–Crippen MR) is 61.4 cm³/mol. The first-order valence-corrected chi connectivity index (χ1v) is 7.19. The fourth-order valence-corrected chi connectivity index (χ4v) is 3.26. The van der Waals surface area contributed by atoms with E-state index in [2.05, 4.69) is 0 Å². The van der Waals surface area contributed by atoms with Crippen LogP contribution >= 0.6 is 0 Å². The average molecular weight is 251 g/mol. The van der Waals surface area contributed by atoms with Gasteiger partial charge >= 0.3 is 0 Å². The lowest BCUT2D eigenvalue weighted by atomic mass is 9.80. The van der Waals surface area contributed by atoms with Gasteiger partial charge in [0, 0.05) is 12.8 Å². The van der Waals surface area contributed by atoms with Gasteiger partial charge in [-0.3, -0.25) is 4.18 Å². The molecular weight excluding hydrogens is 230 g/mol. The van der Waals surface area contributed by atoms with Crippen molar-refractivity contribution < 1.29 is 17.7 Å². The number of rotatable bonds is 2. The molecule has 0 amide bonds. The number of piperidine rings is 1. The van der Waals surface area contributed by atoms with E-state index in [-0.39, 0.29) is 5.06 Å². The first-order chi connectivity index (χ1) is 6.94. The highest BCUT2D eigenvalue weighted by atomic mass is 32.2. The Hall–Kier alpha value is -0.170. The van der Waals surface area contributed by atoms with Gasteiger partial charge in [0.1, 0.15) is 0 Å². The maximum Gasteiger partial charge on any atom is 0.264 e. The number of nitrogens with one attached hydrogen (secondary N) is 1. The lowest BCUT2D eigenvalue weighted by molar-refractivity contribution is -0.956. The van der Waals surface area contributed by atoms with Crippen LogP contribution in [0.5, 0.6) is 0 Å². The third-order valence-electron chi connectivity index (χ3n) is 3.02. The Labute approximate surface area is 97.5 Å². The van der Waals surface area contributed by atoms with E-state index < -0.39 is 27.3 Å². The monoisotopic (exact) mass is 251 g/mol. The van der Waals surface area contributed by atoms with E-state index in [4.69, 9.17) is 4.18 Å². The summed E-state index contributed by atoms with van der Waals surface area (Å²) < 4.78 is 27.2. The Balaban J connectivity index is 2.87. The van der Waals surface area contributed by atoms with Gasteiger partial charge in [-0.25, -0.2) is 0 Å². The highest BCUT2D eigenvalue weighted by molar-refractivity contribution is 7.86. The third-order valence-corrected chi connectivity index (χ3v) is 3.64. The fraction of sp³-hybridized carbons (Fsp3) is 1.00. The first kappa shape index (κ1) is 13.9. The second kappa shape index (κ2) is 3.94. The number of hydrogen-bond donors (Lipinski definition) is 1. The van der Waals surface area contributed by atoms with Crippen molar-refractivity contribution >= 4 is 10.1 Å². The summed E-state index contributed by atoms with van der Waals surface area (Å²) >= 11 is 0. The maximum atomic E-state index is 12.1. The fourth-order valence-electron chi connectivity index (χ4n) is 2.63. The molecule has 1 aliphatic heterocycles. The van der Waals surface area contributed by atoms with Gasteiger partial charge < -0.3 is 10.3 Å². The lowest BCUT2D eigenvalue weighted by Gasteiger charge is -2.54. The SMILES string of the molecule is CC1(C)CC(OS(C)(=O)=O)CC(C)(C)[NH+]1[O-]. The zero-order valence-corrected chi connectivity index (χ0v) is 11.3. The number of hydroxylamine groups is 2. The van der Waals surface area contributed by atoms with Crippen LogP contribution in [0, 0.1) is 5.21 Å². The molecular formula is C10H21NO4S. The van der Waals surface area contributed by atoms with E-state index in [0.717, 1.165) is 6.26 Å². The predicted octanol–water partition coefficient (Wildman–Crippen LogP) is 0.0649. The Morgan fingerprint density at radius 3 is 1.88 bits per heavy atom. The topological polar surface area (TPSA) is 70.9 Å². The molecule has 0 saturated carbocycles.